The van der Waals surface area contributed by atoms with Crippen LogP contribution in [-0.2, 0) is 11.0 Å². The Labute approximate surface area is 255 Å². The molecule has 1 heterocycles. The van der Waals surface area contributed by atoms with Crippen LogP contribution in [0.5, 0.6) is 23.0 Å². The summed E-state index contributed by atoms with van der Waals surface area (Å²) in [6.07, 6.45) is 4.18. The molecule has 0 saturated carbocycles. The quantitative estimate of drug-likeness (QED) is 0.208. The van der Waals surface area contributed by atoms with Gasteiger partial charge in [0.1, 0.15) is 17.3 Å². The lowest BCUT2D eigenvalue weighted by atomic mass is 9.76. The van der Waals surface area contributed by atoms with E-state index in [1.165, 1.54) is 12.1 Å². The Hall–Kier alpha value is -5.28. The van der Waals surface area contributed by atoms with E-state index in [1.807, 2.05) is 54.6 Å². The number of nitriles is 1. The number of nitrogens with zero attached hydrogens (tertiary/aromatic N) is 1. The number of rotatable bonds is 5. The number of ether oxygens (including phenoxy) is 4. The zero-order valence-corrected chi connectivity index (χ0v) is 25.1. The van der Waals surface area contributed by atoms with E-state index in [0.29, 0.717) is 22.8 Å². The lowest BCUT2D eigenvalue weighted by Gasteiger charge is -2.38. The van der Waals surface area contributed by atoms with Crippen molar-refractivity contribution in [2.45, 2.75) is 24.9 Å². The first-order chi connectivity index (χ1) is 21.2. The molecule has 0 spiro atoms. The van der Waals surface area contributed by atoms with Gasteiger partial charge in [-0.1, -0.05) is 50.3 Å². The average Bonchev–Trinajstić information content (AvgIpc) is 3.30. The maximum atomic E-state index is 14.2. The highest BCUT2D eigenvalue weighted by Crippen LogP contribution is 2.59. The van der Waals surface area contributed by atoms with Crippen LogP contribution in [-0.4, -0.2) is 21.3 Å². The molecule has 1 aliphatic carbocycles. The second-order valence-corrected chi connectivity index (χ2v) is 11.6. The van der Waals surface area contributed by atoms with Gasteiger partial charge >= 0.3 is 0 Å². The molecular weight excluding hydrogens is 553 g/mol. The molecule has 1 aliphatic heterocycles. The third kappa shape index (κ3) is 3.82. The largest absolute Gasteiger partial charge is 0.497 e. The van der Waals surface area contributed by atoms with Crippen LogP contribution in [0.4, 0.5) is 4.39 Å². The SMILES string of the molecule is COc1ccc(C2(c3ccc(F)cc3)C=Cc3c4c(c5cc(OC)c(OC)cc5c3O2)-c2ccc(C#N)cc2C4(C)C)cc1. The normalized spacial score (nSPS) is 17.2. The van der Waals surface area contributed by atoms with Crippen LogP contribution in [0.1, 0.15) is 47.2 Å². The van der Waals surface area contributed by atoms with E-state index in [4.69, 9.17) is 18.9 Å². The third-order valence-corrected chi connectivity index (χ3v) is 9.06. The standard InChI is InChI=1S/C38H30FNO4/c1-37(2)31-18-22(21-40)6-15-27(31)34-29-19-32(42-4)33(43-5)20-30(29)36-28(35(34)37)16-17-38(44-36,23-7-11-25(39)12-8-23)24-9-13-26(41-3)14-10-24/h6-20H,1-5H3. The van der Waals surface area contributed by atoms with Gasteiger partial charge in [0.25, 0.3) is 0 Å². The van der Waals surface area contributed by atoms with Gasteiger partial charge in [-0.3, -0.25) is 0 Å². The molecular formula is C38H30FNO4. The monoisotopic (exact) mass is 583 g/mol. The Balaban J connectivity index is 1.58. The minimum Gasteiger partial charge on any atom is -0.497 e. The van der Waals surface area contributed by atoms with Crippen molar-refractivity contribution >= 4 is 16.8 Å². The van der Waals surface area contributed by atoms with Crippen LogP contribution in [0, 0.1) is 17.1 Å². The fraction of sp³-hybridized carbons (Fsp3) is 0.184. The van der Waals surface area contributed by atoms with Crippen LogP contribution in [0.15, 0.2) is 84.9 Å². The van der Waals surface area contributed by atoms with E-state index in [0.717, 1.165) is 55.5 Å². The lowest BCUT2D eigenvalue weighted by Crippen LogP contribution is -2.35. The number of fused-ring (bicyclic) bond motifs is 8. The minimum atomic E-state index is -1.06. The van der Waals surface area contributed by atoms with Crippen LogP contribution in [0.3, 0.4) is 0 Å². The van der Waals surface area contributed by atoms with Crippen LogP contribution < -0.4 is 18.9 Å². The first-order valence-electron chi connectivity index (χ1n) is 14.4. The van der Waals surface area contributed by atoms with Crippen LogP contribution in [0.25, 0.3) is 28.0 Å². The number of hydrogen-bond donors (Lipinski definition) is 0. The second kappa shape index (κ2) is 9.89. The Morgan fingerprint density at radius 1 is 0.773 bits per heavy atom. The summed E-state index contributed by atoms with van der Waals surface area (Å²) in [5.41, 5.74) is 6.04. The van der Waals surface area contributed by atoms with Crippen molar-refractivity contribution in [3.63, 3.8) is 0 Å². The molecule has 0 radical (unpaired) electrons. The summed E-state index contributed by atoms with van der Waals surface area (Å²) < 4.78 is 38.4. The Kier molecular flexibility index (Phi) is 6.19. The van der Waals surface area contributed by atoms with Gasteiger partial charge in [0.2, 0.25) is 0 Å². The average molecular weight is 584 g/mol. The smallest absolute Gasteiger partial charge is 0.178 e. The lowest BCUT2D eigenvalue weighted by molar-refractivity contribution is 0.163. The molecule has 2 aliphatic rings. The number of hydrogen-bond acceptors (Lipinski definition) is 5. The zero-order valence-electron chi connectivity index (χ0n) is 25.1. The van der Waals surface area contributed by atoms with Gasteiger partial charge in [0.15, 0.2) is 17.1 Å². The molecule has 0 amide bonds. The van der Waals surface area contributed by atoms with Crippen LogP contribution >= 0.6 is 0 Å². The van der Waals surface area contributed by atoms with E-state index < -0.39 is 11.0 Å². The van der Waals surface area contributed by atoms with Gasteiger partial charge in [-0.2, -0.15) is 5.26 Å². The highest BCUT2D eigenvalue weighted by Gasteiger charge is 2.44. The molecule has 6 heteroatoms. The molecule has 1 unspecified atom stereocenters. The first-order valence-corrected chi connectivity index (χ1v) is 14.4. The summed E-state index contributed by atoms with van der Waals surface area (Å²) in [4.78, 5) is 0. The van der Waals surface area contributed by atoms with Crippen molar-refractivity contribution in [1.29, 1.82) is 5.26 Å². The molecule has 5 aromatic carbocycles. The molecule has 1 atom stereocenters. The van der Waals surface area contributed by atoms with Crippen molar-refractivity contribution in [2.24, 2.45) is 0 Å². The first kappa shape index (κ1) is 27.5. The highest BCUT2D eigenvalue weighted by molar-refractivity contribution is 6.09. The summed E-state index contributed by atoms with van der Waals surface area (Å²) in [7, 11) is 4.87. The summed E-state index contributed by atoms with van der Waals surface area (Å²) in [5, 5.41) is 11.5. The minimum absolute atomic E-state index is 0.324. The summed E-state index contributed by atoms with van der Waals surface area (Å²) in [5.74, 6) is 2.27. The van der Waals surface area contributed by atoms with Gasteiger partial charge in [0.05, 0.1) is 33.0 Å². The van der Waals surface area contributed by atoms with E-state index in [2.05, 4.69) is 32.1 Å². The van der Waals surface area contributed by atoms with Gasteiger partial charge in [-0.05, 0) is 82.2 Å². The van der Waals surface area contributed by atoms with E-state index in [-0.39, 0.29) is 5.82 Å². The molecule has 5 nitrogen and oxygen atoms in total. The molecule has 7 rings (SSSR count). The number of halogens is 1. The predicted octanol–water partition coefficient (Wildman–Crippen LogP) is 8.53. The van der Waals surface area contributed by atoms with Crippen molar-refractivity contribution in [3.05, 3.63) is 124 Å². The maximum Gasteiger partial charge on any atom is 0.178 e. The highest BCUT2D eigenvalue weighted by atomic mass is 19.1. The molecule has 44 heavy (non-hydrogen) atoms. The molecule has 218 valence electrons. The van der Waals surface area contributed by atoms with E-state index in [9.17, 15) is 9.65 Å². The van der Waals surface area contributed by atoms with E-state index in [1.54, 1.807) is 33.5 Å². The van der Waals surface area contributed by atoms with E-state index >= 15 is 0 Å². The molecule has 0 aromatic heterocycles. The molecule has 0 saturated heterocycles. The Bertz CT molecular complexity index is 2040. The Morgan fingerprint density at radius 2 is 1.41 bits per heavy atom. The second-order valence-electron chi connectivity index (χ2n) is 11.6. The maximum absolute atomic E-state index is 14.2. The molecule has 0 N–H and O–H groups in total. The molecule has 0 bridgehead atoms. The van der Waals surface area contributed by atoms with Crippen LogP contribution in [0.2, 0.25) is 0 Å². The number of benzene rings is 5. The topological polar surface area (TPSA) is 60.7 Å². The van der Waals surface area contributed by atoms with Gasteiger partial charge in [0, 0.05) is 27.5 Å². The molecule has 0 fully saturated rings. The van der Waals surface area contributed by atoms with Crippen molar-refractivity contribution < 1.29 is 23.3 Å². The van der Waals surface area contributed by atoms with Crippen molar-refractivity contribution in [3.8, 4) is 40.2 Å². The fourth-order valence-electron chi connectivity index (χ4n) is 6.89. The fourth-order valence-corrected chi connectivity index (χ4v) is 6.89. The molecule has 5 aromatic rings. The third-order valence-electron chi connectivity index (χ3n) is 9.06. The Morgan fingerprint density at radius 3 is 2.02 bits per heavy atom. The van der Waals surface area contributed by atoms with Gasteiger partial charge in [-0.15, -0.1) is 0 Å². The summed E-state index contributed by atoms with van der Waals surface area (Å²) >= 11 is 0. The van der Waals surface area contributed by atoms with Gasteiger partial charge < -0.3 is 18.9 Å². The zero-order chi connectivity index (χ0) is 30.8. The summed E-state index contributed by atoms with van der Waals surface area (Å²) in [6, 6.07) is 26.3. The summed E-state index contributed by atoms with van der Waals surface area (Å²) in [6.45, 7) is 4.37. The predicted molar refractivity (Wildman–Crippen MR) is 169 cm³/mol. The van der Waals surface area contributed by atoms with Crippen molar-refractivity contribution in [2.75, 3.05) is 21.3 Å². The van der Waals surface area contributed by atoms with Gasteiger partial charge in [-0.25, -0.2) is 4.39 Å². The van der Waals surface area contributed by atoms with Crippen molar-refractivity contribution in [1.82, 2.24) is 0 Å². The number of methoxy groups -OCH3 is 3.